The maximum absolute atomic E-state index is 3.65. The zero-order chi connectivity index (χ0) is 12.0. The minimum absolute atomic E-state index is 0.637. The third-order valence-corrected chi connectivity index (χ3v) is 3.41. The van der Waals surface area contributed by atoms with Gasteiger partial charge in [0.25, 0.3) is 0 Å². The molecular weight excluding hydrogens is 196 g/mol. The normalized spacial score (nSPS) is 19.9. The highest BCUT2D eigenvalue weighted by Crippen LogP contribution is 2.13. The van der Waals surface area contributed by atoms with E-state index >= 15 is 0 Å². The summed E-state index contributed by atoms with van der Waals surface area (Å²) in [6, 6.07) is 1.40. The summed E-state index contributed by atoms with van der Waals surface area (Å²) in [5.41, 5.74) is 0. The number of nitrogens with zero attached hydrogens (tertiary/aromatic N) is 1. The van der Waals surface area contributed by atoms with Gasteiger partial charge in [0.1, 0.15) is 0 Å². The Morgan fingerprint density at radius 3 is 2.25 bits per heavy atom. The maximum atomic E-state index is 3.65. The zero-order valence-electron chi connectivity index (χ0n) is 11.6. The van der Waals surface area contributed by atoms with Crippen molar-refractivity contribution >= 4 is 0 Å². The van der Waals surface area contributed by atoms with Gasteiger partial charge in [0.15, 0.2) is 0 Å². The molecule has 2 nitrogen and oxygen atoms in total. The summed E-state index contributed by atoms with van der Waals surface area (Å²) >= 11 is 0. The highest BCUT2D eigenvalue weighted by atomic mass is 15.1. The van der Waals surface area contributed by atoms with Crippen molar-refractivity contribution in [3.8, 4) is 0 Å². The van der Waals surface area contributed by atoms with E-state index in [1.165, 1.54) is 45.3 Å². The number of likely N-dealkylation sites (tertiary alicyclic amines) is 1. The molecule has 1 heterocycles. The van der Waals surface area contributed by atoms with Crippen LogP contribution in [0.3, 0.4) is 0 Å². The van der Waals surface area contributed by atoms with Crippen LogP contribution >= 0.6 is 0 Å². The number of rotatable bonds is 6. The molecule has 0 aliphatic carbocycles. The standard InChI is InChI=1S/C14H30N2/c1-12(2)6-5-9-16-10-7-14(8-11-16)15-13(3)4/h12-15H,5-11H2,1-4H3. The molecule has 1 N–H and O–H groups in total. The van der Waals surface area contributed by atoms with Gasteiger partial charge in [0.05, 0.1) is 0 Å². The molecule has 1 aliphatic rings. The van der Waals surface area contributed by atoms with E-state index in [-0.39, 0.29) is 0 Å². The Labute approximate surface area is 102 Å². The van der Waals surface area contributed by atoms with E-state index in [1.807, 2.05) is 0 Å². The van der Waals surface area contributed by atoms with Crippen LogP contribution in [-0.4, -0.2) is 36.6 Å². The minimum atomic E-state index is 0.637. The van der Waals surface area contributed by atoms with Crippen LogP contribution < -0.4 is 5.32 Å². The van der Waals surface area contributed by atoms with Crippen molar-refractivity contribution in [2.24, 2.45) is 5.92 Å². The largest absolute Gasteiger partial charge is 0.312 e. The number of piperidine rings is 1. The van der Waals surface area contributed by atoms with Crippen LogP contribution in [0.25, 0.3) is 0 Å². The molecule has 96 valence electrons. The summed E-state index contributed by atoms with van der Waals surface area (Å²) < 4.78 is 0. The molecule has 0 aromatic carbocycles. The molecule has 0 spiro atoms. The lowest BCUT2D eigenvalue weighted by Gasteiger charge is -2.33. The predicted octanol–water partition coefficient (Wildman–Crippen LogP) is 2.89. The van der Waals surface area contributed by atoms with Gasteiger partial charge in [-0.05, 0) is 51.2 Å². The van der Waals surface area contributed by atoms with Gasteiger partial charge in [-0.15, -0.1) is 0 Å². The number of hydrogen-bond acceptors (Lipinski definition) is 2. The van der Waals surface area contributed by atoms with Crippen LogP contribution in [0.1, 0.15) is 53.4 Å². The number of hydrogen-bond donors (Lipinski definition) is 1. The van der Waals surface area contributed by atoms with Gasteiger partial charge < -0.3 is 10.2 Å². The first-order valence-corrected chi connectivity index (χ1v) is 7.06. The van der Waals surface area contributed by atoms with Crippen molar-refractivity contribution in [2.75, 3.05) is 19.6 Å². The summed E-state index contributed by atoms with van der Waals surface area (Å²) in [6.45, 7) is 13.0. The van der Waals surface area contributed by atoms with Gasteiger partial charge in [0.2, 0.25) is 0 Å². The van der Waals surface area contributed by atoms with Gasteiger partial charge >= 0.3 is 0 Å². The van der Waals surface area contributed by atoms with Crippen LogP contribution in [0.2, 0.25) is 0 Å². The van der Waals surface area contributed by atoms with Crippen LogP contribution in [0, 0.1) is 5.92 Å². The van der Waals surface area contributed by atoms with Crippen molar-refractivity contribution in [3.63, 3.8) is 0 Å². The number of nitrogens with one attached hydrogen (secondary N) is 1. The second-order valence-electron chi connectivity index (χ2n) is 5.97. The molecule has 2 heteroatoms. The molecule has 0 atom stereocenters. The first-order valence-electron chi connectivity index (χ1n) is 7.06. The fraction of sp³-hybridized carbons (Fsp3) is 1.00. The van der Waals surface area contributed by atoms with E-state index in [2.05, 4.69) is 37.9 Å². The van der Waals surface area contributed by atoms with E-state index in [4.69, 9.17) is 0 Å². The van der Waals surface area contributed by atoms with Crippen LogP contribution in [0.5, 0.6) is 0 Å². The topological polar surface area (TPSA) is 15.3 Å². The van der Waals surface area contributed by atoms with Crippen molar-refractivity contribution in [1.82, 2.24) is 10.2 Å². The van der Waals surface area contributed by atoms with Crippen molar-refractivity contribution in [3.05, 3.63) is 0 Å². The monoisotopic (exact) mass is 226 g/mol. The van der Waals surface area contributed by atoms with Crippen molar-refractivity contribution in [1.29, 1.82) is 0 Å². The fourth-order valence-electron chi connectivity index (χ4n) is 2.52. The summed E-state index contributed by atoms with van der Waals surface area (Å²) in [7, 11) is 0. The van der Waals surface area contributed by atoms with E-state index in [0.717, 1.165) is 12.0 Å². The molecule has 1 fully saturated rings. The SMILES string of the molecule is CC(C)CCCN1CCC(NC(C)C)CC1. The van der Waals surface area contributed by atoms with E-state index in [9.17, 15) is 0 Å². The molecule has 0 aromatic heterocycles. The summed E-state index contributed by atoms with van der Waals surface area (Å²) in [4.78, 5) is 2.64. The Morgan fingerprint density at radius 1 is 1.12 bits per heavy atom. The smallest absolute Gasteiger partial charge is 0.00937 e. The average molecular weight is 226 g/mol. The molecular formula is C14H30N2. The van der Waals surface area contributed by atoms with Crippen molar-refractivity contribution < 1.29 is 0 Å². The molecule has 0 radical (unpaired) electrons. The summed E-state index contributed by atoms with van der Waals surface area (Å²) in [5, 5.41) is 3.65. The molecule has 1 saturated heterocycles. The third-order valence-electron chi connectivity index (χ3n) is 3.41. The Bertz CT molecular complexity index is 170. The highest BCUT2D eigenvalue weighted by Gasteiger charge is 2.18. The predicted molar refractivity (Wildman–Crippen MR) is 71.8 cm³/mol. The average Bonchev–Trinajstić information content (AvgIpc) is 2.19. The third kappa shape index (κ3) is 5.86. The molecule has 16 heavy (non-hydrogen) atoms. The molecule has 1 aliphatic heterocycles. The van der Waals surface area contributed by atoms with Crippen molar-refractivity contribution in [2.45, 2.75) is 65.5 Å². The lowest BCUT2D eigenvalue weighted by atomic mass is 10.0. The highest BCUT2D eigenvalue weighted by molar-refractivity contribution is 4.78. The Kier molecular flexibility index (Phi) is 6.37. The first kappa shape index (κ1) is 14.0. The molecule has 0 bridgehead atoms. The lowest BCUT2D eigenvalue weighted by molar-refractivity contribution is 0.188. The van der Waals surface area contributed by atoms with E-state index in [1.54, 1.807) is 0 Å². The molecule has 1 rings (SSSR count). The van der Waals surface area contributed by atoms with Gasteiger partial charge in [-0.1, -0.05) is 27.7 Å². The van der Waals surface area contributed by atoms with Gasteiger partial charge in [-0.2, -0.15) is 0 Å². The van der Waals surface area contributed by atoms with Gasteiger partial charge in [-0.3, -0.25) is 0 Å². The van der Waals surface area contributed by atoms with Crippen LogP contribution in [0.4, 0.5) is 0 Å². The Morgan fingerprint density at radius 2 is 1.75 bits per heavy atom. The van der Waals surface area contributed by atoms with Crippen LogP contribution in [-0.2, 0) is 0 Å². The quantitative estimate of drug-likeness (QED) is 0.749. The summed E-state index contributed by atoms with van der Waals surface area (Å²) in [5.74, 6) is 0.861. The fourth-order valence-corrected chi connectivity index (χ4v) is 2.52. The van der Waals surface area contributed by atoms with Gasteiger partial charge in [-0.25, -0.2) is 0 Å². The Hall–Kier alpha value is -0.0800. The summed E-state index contributed by atoms with van der Waals surface area (Å²) in [6.07, 6.45) is 5.42. The van der Waals surface area contributed by atoms with Gasteiger partial charge in [0, 0.05) is 12.1 Å². The van der Waals surface area contributed by atoms with E-state index in [0.29, 0.717) is 6.04 Å². The second-order valence-corrected chi connectivity index (χ2v) is 5.97. The molecule has 0 amide bonds. The first-order chi connectivity index (χ1) is 7.58. The molecule has 0 saturated carbocycles. The zero-order valence-corrected chi connectivity index (χ0v) is 11.6. The minimum Gasteiger partial charge on any atom is -0.312 e. The van der Waals surface area contributed by atoms with E-state index < -0.39 is 0 Å². The van der Waals surface area contributed by atoms with Crippen LogP contribution in [0.15, 0.2) is 0 Å². The maximum Gasteiger partial charge on any atom is 0.00937 e. The second kappa shape index (κ2) is 7.29. The molecule has 0 aromatic rings. The lowest BCUT2D eigenvalue weighted by Crippen LogP contribution is -2.44. The Balaban J connectivity index is 2.07. The molecule has 0 unspecified atom stereocenters.